The van der Waals surface area contributed by atoms with Crippen molar-refractivity contribution in [3.63, 3.8) is 0 Å². The molecule has 1 aromatic carbocycles. The second-order valence-electron chi connectivity index (χ2n) is 8.01. The summed E-state index contributed by atoms with van der Waals surface area (Å²) >= 11 is 0. The molecule has 0 saturated carbocycles. The predicted molar refractivity (Wildman–Crippen MR) is 105 cm³/mol. The molecule has 5 heteroatoms. The van der Waals surface area contributed by atoms with E-state index in [0.717, 1.165) is 25.1 Å². The molecule has 0 atom stereocenters. The van der Waals surface area contributed by atoms with Crippen LogP contribution in [0.3, 0.4) is 0 Å². The Bertz CT molecular complexity index is 719. The smallest absolute Gasteiger partial charge is 0.410 e. The van der Waals surface area contributed by atoms with Crippen LogP contribution in [0.25, 0.3) is 6.08 Å². The third-order valence-corrected chi connectivity index (χ3v) is 4.84. The molecule has 0 aliphatic carbocycles. The molecule has 0 fully saturated rings. The van der Waals surface area contributed by atoms with E-state index in [9.17, 15) is 4.79 Å². The van der Waals surface area contributed by atoms with Gasteiger partial charge in [0.25, 0.3) is 0 Å². The van der Waals surface area contributed by atoms with E-state index >= 15 is 0 Å². The van der Waals surface area contributed by atoms with E-state index in [1.807, 2.05) is 32.6 Å². The molecule has 0 unspecified atom stereocenters. The molecule has 2 aliphatic heterocycles. The van der Waals surface area contributed by atoms with Crippen LogP contribution in [0.5, 0.6) is 5.75 Å². The average molecular weight is 358 g/mol. The van der Waals surface area contributed by atoms with Crippen LogP contribution in [0.1, 0.15) is 44.4 Å². The van der Waals surface area contributed by atoms with Crippen molar-refractivity contribution in [1.29, 1.82) is 0 Å². The fourth-order valence-electron chi connectivity index (χ4n) is 3.66. The van der Waals surface area contributed by atoms with Crippen molar-refractivity contribution in [2.45, 2.75) is 46.1 Å². The number of fused-ring (bicyclic) bond motifs is 2. The number of ether oxygens (including phenoxy) is 2. The van der Waals surface area contributed by atoms with Crippen molar-refractivity contribution in [2.24, 2.45) is 0 Å². The largest absolute Gasteiger partial charge is 0.490 e. The summed E-state index contributed by atoms with van der Waals surface area (Å²) in [5.41, 5.74) is 4.53. The summed E-state index contributed by atoms with van der Waals surface area (Å²) in [5, 5.41) is 0. The third-order valence-electron chi connectivity index (χ3n) is 4.84. The normalized spacial score (nSPS) is 17.4. The van der Waals surface area contributed by atoms with Crippen LogP contribution in [0, 0.1) is 0 Å². The van der Waals surface area contributed by atoms with E-state index in [1.165, 1.54) is 22.4 Å². The molecule has 0 saturated heterocycles. The summed E-state index contributed by atoms with van der Waals surface area (Å²) < 4.78 is 11.5. The maximum atomic E-state index is 12.5. The zero-order valence-electron chi connectivity index (χ0n) is 16.6. The summed E-state index contributed by atoms with van der Waals surface area (Å²) in [5.74, 6) is 0.955. The number of hydrogen-bond acceptors (Lipinski definition) is 4. The zero-order valence-corrected chi connectivity index (χ0v) is 16.6. The molecule has 0 N–H and O–H groups in total. The number of amides is 1. The number of anilines is 1. The van der Waals surface area contributed by atoms with Gasteiger partial charge in [-0.15, -0.1) is 0 Å². The topological polar surface area (TPSA) is 42.0 Å². The van der Waals surface area contributed by atoms with E-state index in [-0.39, 0.29) is 6.09 Å². The summed E-state index contributed by atoms with van der Waals surface area (Å²) in [6.45, 7) is 10.7. The molecule has 0 spiro atoms. The maximum Gasteiger partial charge on any atom is 0.410 e. The molecule has 2 aliphatic rings. The van der Waals surface area contributed by atoms with Crippen LogP contribution < -0.4 is 9.64 Å². The van der Waals surface area contributed by atoms with Crippen LogP contribution in [0.15, 0.2) is 12.1 Å². The third kappa shape index (κ3) is 3.81. The summed E-state index contributed by atoms with van der Waals surface area (Å²) in [4.78, 5) is 16.6. The monoisotopic (exact) mass is 358 g/mol. The first-order valence-electron chi connectivity index (χ1n) is 9.43. The number of carbonyl (C=O) groups is 1. The lowest BCUT2D eigenvalue weighted by Gasteiger charge is -2.31. The Morgan fingerprint density at radius 2 is 1.96 bits per heavy atom. The van der Waals surface area contributed by atoms with Gasteiger partial charge in [-0.25, -0.2) is 4.79 Å². The molecule has 26 heavy (non-hydrogen) atoms. The number of carbonyl (C=O) groups excluding carboxylic acids is 1. The van der Waals surface area contributed by atoms with Gasteiger partial charge in [0.1, 0.15) is 18.0 Å². The standard InChI is InChI=1S/C21H30N2O3/c1-6-7-17-16-9-11-23(20(24)26-21(2,3)4)10-8-15(16)14-18-19(17)22(5)12-13-25-18/h6-7,14H,8-13H2,1-5H3. The second kappa shape index (κ2) is 7.22. The van der Waals surface area contributed by atoms with Gasteiger partial charge in [0.15, 0.2) is 0 Å². The highest BCUT2D eigenvalue weighted by atomic mass is 16.6. The van der Waals surface area contributed by atoms with Gasteiger partial charge >= 0.3 is 6.09 Å². The van der Waals surface area contributed by atoms with Crippen molar-refractivity contribution in [3.8, 4) is 5.75 Å². The zero-order chi connectivity index (χ0) is 18.9. The van der Waals surface area contributed by atoms with Crippen LogP contribution in [0.2, 0.25) is 0 Å². The Balaban J connectivity index is 1.92. The van der Waals surface area contributed by atoms with Crippen LogP contribution in [-0.2, 0) is 17.6 Å². The number of nitrogens with zero attached hydrogens (tertiary/aromatic N) is 2. The molecular formula is C21H30N2O3. The highest BCUT2D eigenvalue weighted by Gasteiger charge is 2.28. The first-order chi connectivity index (χ1) is 12.3. The van der Waals surface area contributed by atoms with Gasteiger partial charge in [-0.05, 0) is 57.7 Å². The molecule has 2 heterocycles. The average Bonchev–Trinajstić information content (AvgIpc) is 2.76. The predicted octanol–water partition coefficient (Wildman–Crippen LogP) is 3.88. The quantitative estimate of drug-likeness (QED) is 0.764. The van der Waals surface area contributed by atoms with Gasteiger partial charge in [0, 0.05) is 25.7 Å². The lowest BCUT2D eigenvalue weighted by atomic mass is 9.93. The summed E-state index contributed by atoms with van der Waals surface area (Å²) in [7, 11) is 2.12. The van der Waals surface area contributed by atoms with Crippen molar-refractivity contribution < 1.29 is 14.3 Å². The fourth-order valence-corrected chi connectivity index (χ4v) is 3.66. The summed E-state index contributed by atoms with van der Waals surface area (Å²) in [6.07, 6.45) is 5.67. The Morgan fingerprint density at radius 3 is 2.65 bits per heavy atom. The Morgan fingerprint density at radius 1 is 1.23 bits per heavy atom. The minimum atomic E-state index is -0.470. The number of allylic oxidation sites excluding steroid dienone is 1. The summed E-state index contributed by atoms with van der Waals surface area (Å²) in [6, 6.07) is 2.17. The van der Waals surface area contributed by atoms with Crippen molar-refractivity contribution >= 4 is 17.9 Å². The highest BCUT2D eigenvalue weighted by molar-refractivity contribution is 5.78. The molecular weight excluding hydrogens is 328 g/mol. The Labute approximate surface area is 156 Å². The lowest BCUT2D eigenvalue weighted by Crippen LogP contribution is -2.38. The van der Waals surface area contributed by atoms with Gasteiger partial charge in [0.2, 0.25) is 0 Å². The molecule has 3 rings (SSSR count). The molecule has 0 radical (unpaired) electrons. The van der Waals surface area contributed by atoms with E-state index in [4.69, 9.17) is 9.47 Å². The van der Waals surface area contributed by atoms with E-state index < -0.39 is 5.60 Å². The van der Waals surface area contributed by atoms with E-state index in [2.05, 4.69) is 30.2 Å². The van der Waals surface area contributed by atoms with Gasteiger partial charge in [-0.1, -0.05) is 12.2 Å². The molecule has 0 aromatic heterocycles. The minimum Gasteiger partial charge on any atom is -0.490 e. The van der Waals surface area contributed by atoms with Crippen LogP contribution >= 0.6 is 0 Å². The van der Waals surface area contributed by atoms with Gasteiger partial charge < -0.3 is 19.3 Å². The van der Waals surface area contributed by atoms with Crippen molar-refractivity contribution in [3.05, 3.63) is 28.8 Å². The molecule has 1 aromatic rings. The fraction of sp³-hybridized carbons (Fsp3) is 0.571. The number of rotatable bonds is 1. The minimum absolute atomic E-state index is 0.226. The number of hydrogen-bond donors (Lipinski definition) is 0. The Kier molecular flexibility index (Phi) is 5.17. The van der Waals surface area contributed by atoms with Gasteiger partial charge in [-0.2, -0.15) is 0 Å². The molecule has 0 bridgehead atoms. The van der Waals surface area contributed by atoms with Crippen LogP contribution in [-0.4, -0.2) is 49.9 Å². The Hall–Kier alpha value is -2.17. The van der Waals surface area contributed by atoms with Gasteiger partial charge in [0.05, 0.1) is 12.2 Å². The van der Waals surface area contributed by atoms with E-state index in [1.54, 1.807) is 0 Å². The molecule has 5 nitrogen and oxygen atoms in total. The first kappa shape index (κ1) is 18.6. The number of benzene rings is 1. The molecule has 142 valence electrons. The molecule has 1 amide bonds. The van der Waals surface area contributed by atoms with Crippen molar-refractivity contribution in [1.82, 2.24) is 4.90 Å². The first-order valence-corrected chi connectivity index (χ1v) is 9.43. The highest BCUT2D eigenvalue weighted by Crippen LogP contribution is 2.40. The second-order valence-corrected chi connectivity index (χ2v) is 8.01. The van der Waals surface area contributed by atoms with Gasteiger partial charge in [-0.3, -0.25) is 0 Å². The number of likely N-dealkylation sites (N-methyl/N-ethyl adjacent to an activating group) is 1. The lowest BCUT2D eigenvalue weighted by molar-refractivity contribution is 0.0258. The SMILES string of the molecule is CC=Cc1c2c(cc3c1N(C)CCO3)CCN(C(=O)OC(C)(C)C)CC2. The maximum absolute atomic E-state index is 12.5. The van der Waals surface area contributed by atoms with E-state index in [0.29, 0.717) is 19.7 Å². The van der Waals surface area contributed by atoms with Crippen molar-refractivity contribution in [2.75, 3.05) is 38.2 Å². The van der Waals surface area contributed by atoms with Crippen LogP contribution in [0.4, 0.5) is 10.5 Å².